The monoisotopic (exact) mass is 433 g/mol. The Morgan fingerprint density at radius 1 is 1.06 bits per heavy atom. The minimum atomic E-state index is -0.993. The Labute approximate surface area is 183 Å². The second-order valence-corrected chi connectivity index (χ2v) is 8.60. The number of fused-ring (bicyclic) bond motifs is 1. The molecular weight excluding hydrogens is 410 g/mol. The summed E-state index contributed by atoms with van der Waals surface area (Å²) in [5, 5.41) is 12.8. The van der Waals surface area contributed by atoms with Crippen LogP contribution >= 0.6 is 0 Å². The summed E-state index contributed by atoms with van der Waals surface area (Å²) in [6.45, 7) is 0. The molecule has 2 aliphatic carbocycles. The predicted molar refractivity (Wildman–Crippen MR) is 117 cm³/mol. The molecule has 3 atom stereocenters. The molecule has 1 fully saturated rings. The fourth-order valence-corrected chi connectivity index (χ4v) is 5.08. The van der Waals surface area contributed by atoms with E-state index in [0.29, 0.717) is 0 Å². The molecule has 1 amide bonds. The molecule has 8 heteroatoms. The maximum absolute atomic E-state index is 12.7. The van der Waals surface area contributed by atoms with E-state index in [1.165, 1.54) is 11.1 Å². The molecule has 32 heavy (non-hydrogen) atoms. The highest BCUT2D eigenvalue weighted by Crippen LogP contribution is 2.60. The van der Waals surface area contributed by atoms with Crippen molar-refractivity contribution in [2.75, 3.05) is 7.11 Å². The van der Waals surface area contributed by atoms with Crippen molar-refractivity contribution in [2.24, 2.45) is 5.41 Å². The number of benzene rings is 2. The summed E-state index contributed by atoms with van der Waals surface area (Å²) in [6.07, 6.45) is 2.41. The molecule has 0 aliphatic heterocycles. The van der Waals surface area contributed by atoms with Gasteiger partial charge in [0.05, 0.1) is 7.11 Å². The van der Waals surface area contributed by atoms with Crippen molar-refractivity contribution in [3.63, 3.8) is 0 Å². The number of para-hydroxylation sites is 1. The third kappa shape index (κ3) is 3.28. The van der Waals surface area contributed by atoms with Gasteiger partial charge in [-0.1, -0.05) is 42.5 Å². The largest absolute Gasteiger partial charge is 0.501 e. The molecule has 1 aromatic heterocycles. The number of aromatic amines is 2. The molecule has 3 aromatic rings. The number of H-pyrrole nitrogens is 2. The zero-order valence-corrected chi connectivity index (χ0v) is 17.5. The van der Waals surface area contributed by atoms with Crippen molar-refractivity contribution in [2.45, 2.75) is 31.2 Å². The van der Waals surface area contributed by atoms with Crippen LogP contribution in [0.1, 0.15) is 45.9 Å². The average Bonchev–Trinajstić information content (AvgIpc) is 3.45. The summed E-state index contributed by atoms with van der Waals surface area (Å²) >= 11 is 0. The Balaban J connectivity index is 1.45. The lowest BCUT2D eigenvalue weighted by Crippen LogP contribution is -2.36. The van der Waals surface area contributed by atoms with Crippen molar-refractivity contribution in [3.05, 3.63) is 91.8 Å². The van der Waals surface area contributed by atoms with Gasteiger partial charge in [-0.25, -0.2) is 4.79 Å². The van der Waals surface area contributed by atoms with E-state index in [1.807, 2.05) is 35.3 Å². The van der Waals surface area contributed by atoms with Gasteiger partial charge in [0.2, 0.25) is 5.75 Å². The number of aromatic nitrogens is 2. The van der Waals surface area contributed by atoms with Gasteiger partial charge < -0.3 is 15.2 Å². The number of aromatic hydroxyl groups is 1. The van der Waals surface area contributed by atoms with Gasteiger partial charge in [-0.3, -0.25) is 19.6 Å². The van der Waals surface area contributed by atoms with Crippen molar-refractivity contribution in [1.82, 2.24) is 15.3 Å². The van der Waals surface area contributed by atoms with E-state index in [1.54, 1.807) is 7.11 Å². The van der Waals surface area contributed by atoms with Gasteiger partial charge in [0.1, 0.15) is 5.75 Å². The quantitative estimate of drug-likeness (QED) is 0.501. The second kappa shape index (κ2) is 7.40. The summed E-state index contributed by atoms with van der Waals surface area (Å²) in [6, 6.07) is 16.2. The van der Waals surface area contributed by atoms with E-state index < -0.39 is 28.6 Å². The molecule has 5 rings (SSSR count). The minimum Gasteiger partial charge on any atom is -0.501 e. The highest BCUT2D eigenvalue weighted by Gasteiger charge is 2.58. The highest BCUT2D eigenvalue weighted by molar-refractivity contribution is 5.95. The summed E-state index contributed by atoms with van der Waals surface area (Å²) in [5.41, 5.74) is 1.20. The van der Waals surface area contributed by atoms with E-state index in [0.717, 1.165) is 30.6 Å². The summed E-state index contributed by atoms with van der Waals surface area (Å²) < 4.78 is 5.62. The van der Waals surface area contributed by atoms with E-state index in [-0.39, 0.29) is 17.4 Å². The number of amides is 1. The summed E-state index contributed by atoms with van der Waals surface area (Å²) in [4.78, 5) is 40.0. The number of carbonyl (C=O) groups is 1. The molecule has 0 bridgehead atoms. The fraction of sp³-hybridized carbons (Fsp3) is 0.292. The molecule has 1 saturated carbocycles. The van der Waals surface area contributed by atoms with E-state index in [2.05, 4.69) is 28.5 Å². The predicted octanol–water partition coefficient (Wildman–Crippen LogP) is 2.04. The van der Waals surface area contributed by atoms with Gasteiger partial charge in [0.15, 0.2) is 5.69 Å². The normalized spacial score (nSPS) is 23.4. The summed E-state index contributed by atoms with van der Waals surface area (Å²) in [7, 11) is 1.66. The molecule has 1 spiro atoms. The van der Waals surface area contributed by atoms with Crippen LogP contribution in [0.25, 0.3) is 0 Å². The van der Waals surface area contributed by atoms with Crippen LogP contribution in [0.3, 0.4) is 0 Å². The van der Waals surface area contributed by atoms with Crippen molar-refractivity contribution in [1.29, 1.82) is 0 Å². The number of nitrogens with one attached hydrogen (secondary N) is 3. The van der Waals surface area contributed by atoms with Gasteiger partial charge in [-0.15, -0.1) is 0 Å². The van der Waals surface area contributed by atoms with Crippen LogP contribution < -0.4 is 21.3 Å². The van der Waals surface area contributed by atoms with E-state index in [4.69, 9.17) is 4.74 Å². The van der Waals surface area contributed by atoms with Crippen molar-refractivity contribution in [3.8, 4) is 11.5 Å². The fourth-order valence-electron chi connectivity index (χ4n) is 5.08. The van der Waals surface area contributed by atoms with Gasteiger partial charge >= 0.3 is 5.69 Å². The Morgan fingerprint density at radius 2 is 1.78 bits per heavy atom. The molecule has 4 N–H and O–H groups in total. The highest BCUT2D eigenvalue weighted by atomic mass is 16.5. The van der Waals surface area contributed by atoms with Crippen LogP contribution in [0.5, 0.6) is 11.5 Å². The van der Waals surface area contributed by atoms with Crippen LogP contribution in [0, 0.1) is 5.41 Å². The number of methoxy groups -OCH3 is 1. The van der Waals surface area contributed by atoms with Crippen molar-refractivity contribution < 1.29 is 14.6 Å². The molecule has 0 unspecified atom stereocenters. The van der Waals surface area contributed by atoms with Crippen LogP contribution in [-0.4, -0.2) is 34.1 Å². The van der Waals surface area contributed by atoms with E-state index in [9.17, 15) is 19.5 Å². The zero-order chi connectivity index (χ0) is 22.5. The van der Waals surface area contributed by atoms with Crippen LogP contribution in [0.4, 0.5) is 0 Å². The number of hydrogen-bond acceptors (Lipinski definition) is 5. The Kier molecular flexibility index (Phi) is 4.65. The first-order valence-electron chi connectivity index (χ1n) is 10.5. The van der Waals surface area contributed by atoms with Gasteiger partial charge in [0, 0.05) is 17.5 Å². The first-order chi connectivity index (χ1) is 15.4. The van der Waals surface area contributed by atoms with Gasteiger partial charge in [-0.2, -0.15) is 0 Å². The first-order valence-corrected chi connectivity index (χ1v) is 10.5. The zero-order valence-electron chi connectivity index (χ0n) is 17.5. The molecular formula is C24H23N3O5. The minimum absolute atomic E-state index is 0.116. The average molecular weight is 433 g/mol. The number of carbonyl (C=O) groups excluding carboxylic acids is 1. The Hall–Kier alpha value is -3.81. The standard InChI is InChI=1S/C24H23N3O5/c1-32-17-9-5-4-8-15(17)16-11-24(10-13-6-2-3-7-14(13)16)12-18(24)25-21(29)19-20(28)22(30)27-23(31)26-19/h2-9,16,18,28H,10-12H2,1H3,(H,25,29)(H2,26,27,30,31)/t16-,18-,24+/m1/s1. The lowest BCUT2D eigenvalue weighted by Gasteiger charge is -2.33. The molecule has 0 radical (unpaired) electrons. The molecule has 2 aromatic carbocycles. The number of rotatable bonds is 4. The number of ether oxygens (including phenoxy) is 1. The maximum atomic E-state index is 12.7. The molecule has 1 heterocycles. The summed E-state index contributed by atoms with van der Waals surface area (Å²) in [5.74, 6) is -0.514. The molecule has 0 saturated heterocycles. The second-order valence-electron chi connectivity index (χ2n) is 8.60. The lowest BCUT2D eigenvalue weighted by molar-refractivity contribution is 0.0934. The molecule has 8 nitrogen and oxygen atoms in total. The van der Waals surface area contributed by atoms with E-state index >= 15 is 0 Å². The van der Waals surface area contributed by atoms with Crippen LogP contribution in [0.2, 0.25) is 0 Å². The van der Waals surface area contributed by atoms with Crippen LogP contribution in [0.15, 0.2) is 58.1 Å². The topological polar surface area (TPSA) is 124 Å². The van der Waals surface area contributed by atoms with Gasteiger partial charge in [-0.05, 0) is 41.9 Å². The maximum Gasteiger partial charge on any atom is 0.326 e. The third-order valence-corrected chi connectivity index (χ3v) is 6.74. The smallest absolute Gasteiger partial charge is 0.326 e. The SMILES string of the molecule is COc1ccccc1[C@@H]1C[C@@]2(Cc3ccccc31)C[C@H]2NC(=O)c1[nH]c(=O)[nH]c(=O)c1O. The Bertz CT molecular complexity index is 1330. The van der Waals surface area contributed by atoms with Crippen LogP contribution in [-0.2, 0) is 6.42 Å². The lowest BCUT2D eigenvalue weighted by atomic mass is 9.71. The first kappa shape index (κ1) is 20.1. The molecule has 2 aliphatic rings. The van der Waals surface area contributed by atoms with Gasteiger partial charge in [0.25, 0.3) is 11.5 Å². The molecule has 164 valence electrons. The Morgan fingerprint density at radius 3 is 2.56 bits per heavy atom. The third-order valence-electron chi connectivity index (χ3n) is 6.74. The van der Waals surface area contributed by atoms with Crippen molar-refractivity contribution >= 4 is 5.91 Å². The number of hydrogen-bond donors (Lipinski definition) is 4.